The van der Waals surface area contributed by atoms with E-state index in [1.165, 1.54) is 25.8 Å². The zero-order valence-corrected chi connectivity index (χ0v) is 18.1. The number of anilines is 1. The van der Waals surface area contributed by atoms with Crippen LogP contribution >= 0.6 is 24.0 Å². The lowest BCUT2D eigenvalue weighted by atomic mass is 10.0. The Kier molecular flexibility index (Phi) is 8.77. The third kappa shape index (κ3) is 5.64. The van der Waals surface area contributed by atoms with Gasteiger partial charge in [-0.3, -0.25) is 9.89 Å². The molecule has 0 aromatic heterocycles. The van der Waals surface area contributed by atoms with Crippen molar-refractivity contribution in [2.24, 2.45) is 4.99 Å². The highest BCUT2D eigenvalue weighted by Gasteiger charge is 2.21. The standard InChI is InChI=1S/C19H30N4O2.HI/c1-3-23-10-5-4-7-16(23)14-21-19(20-2)22-15-8-9-17-18(13-15)25-12-6-11-24-17;/h8-9,13,16H,3-7,10-12,14H2,1-2H3,(H2,20,21,22);1H. The third-order valence-electron chi connectivity index (χ3n) is 4.89. The van der Waals surface area contributed by atoms with Crippen molar-refractivity contribution in [1.29, 1.82) is 0 Å². The van der Waals surface area contributed by atoms with Gasteiger partial charge in [-0.1, -0.05) is 13.3 Å². The topological polar surface area (TPSA) is 58.1 Å². The Morgan fingerprint density at radius 2 is 2.00 bits per heavy atom. The molecular formula is C19H31IN4O2. The van der Waals surface area contributed by atoms with Crippen LogP contribution in [-0.4, -0.2) is 56.8 Å². The van der Waals surface area contributed by atoms with Crippen molar-refractivity contribution in [3.8, 4) is 11.5 Å². The third-order valence-corrected chi connectivity index (χ3v) is 4.89. The van der Waals surface area contributed by atoms with Crippen LogP contribution in [0.1, 0.15) is 32.6 Å². The first kappa shape index (κ1) is 21.1. The van der Waals surface area contributed by atoms with Crippen molar-refractivity contribution in [2.75, 3.05) is 45.2 Å². The molecule has 0 radical (unpaired) electrons. The number of guanidine groups is 1. The van der Waals surface area contributed by atoms with E-state index in [9.17, 15) is 0 Å². The summed E-state index contributed by atoms with van der Waals surface area (Å²) in [5, 5.41) is 6.83. The van der Waals surface area contributed by atoms with Gasteiger partial charge in [-0.2, -0.15) is 0 Å². The van der Waals surface area contributed by atoms with E-state index in [1.807, 2.05) is 18.2 Å². The molecular weight excluding hydrogens is 443 g/mol. The maximum Gasteiger partial charge on any atom is 0.195 e. The van der Waals surface area contributed by atoms with Crippen LogP contribution in [0.4, 0.5) is 5.69 Å². The van der Waals surface area contributed by atoms with Crippen molar-refractivity contribution in [3.63, 3.8) is 0 Å². The summed E-state index contributed by atoms with van der Waals surface area (Å²) in [7, 11) is 1.80. The summed E-state index contributed by atoms with van der Waals surface area (Å²) in [6.07, 6.45) is 4.80. The van der Waals surface area contributed by atoms with Gasteiger partial charge in [0, 0.05) is 37.8 Å². The van der Waals surface area contributed by atoms with Crippen LogP contribution < -0.4 is 20.1 Å². The molecule has 1 fully saturated rings. The minimum Gasteiger partial charge on any atom is -0.490 e. The van der Waals surface area contributed by atoms with Crippen LogP contribution in [0.3, 0.4) is 0 Å². The van der Waals surface area contributed by atoms with Gasteiger partial charge in [0.05, 0.1) is 13.2 Å². The van der Waals surface area contributed by atoms with Crippen LogP contribution in [-0.2, 0) is 0 Å². The first-order chi connectivity index (χ1) is 12.3. The van der Waals surface area contributed by atoms with Crippen LogP contribution in [0.15, 0.2) is 23.2 Å². The lowest BCUT2D eigenvalue weighted by Gasteiger charge is -2.35. The molecule has 0 amide bonds. The molecule has 146 valence electrons. The number of hydrogen-bond donors (Lipinski definition) is 2. The Balaban J connectivity index is 0.00000243. The number of nitrogens with one attached hydrogen (secondary N) is 2. The first-order valence-corrected chi connectivity index (χ1v) is 9.41. The van der Waals surface area contributed by atoms with E-state index < -0.39 is 0 Å². The van der Waals surface area contributed by atoms with E-state index in [0.29, 0.717) is 19.3 Å². The highest BCUT2D eigenvalue weighted by molar-refractivity contribution is 14.0. The molecule has 2 aliphatic rings. The monoisotopic (exact) mass is 474 g/mol. The SMILES string of the molecule is CCN1CCCCC1CNC(=NC)Nc1ccc2c(c1)OCCCO2.I. The van der Waals surface area contributed by atoms with E-state index in [2.05, 4.69) is 27.4 Å². The Labute approximate surface area is 173 Å². The van der Waals surface area contributed by atoms with Gasteiger partial charge in [0.1, 0.15) is 0 Å². The molecule has 0 saturated carbocycles. The molecule has 1 atom stereocenters. The molecule has 1 saturated heterocycles. The van der Waals surface area contributed by atoms with Gasteiger partial charge < -0.3 is 20.1 Å². The van der Waals surface area contributed by atoms with E-state index in [1.54, 1.807) is 7.05 Å². The molecule has 2 N–H and O–H groups in total. The average Bonchev–Trinajstić information content (AvgIpc) is 2.90. The second-order valence-electron chi connectivity index (χ2n) is 6.57. The van der Waals surface area contributed by atoms with Gasteiger partial charge in [-0.15, -0.1) is 24.0 Å². The Hall–Kier alpha value is -1.22. The second-order valence-corrected chi connectivity index (χ2v) is 6.57. The van der Waals surface area contributed by atoms with Crippen molar-refractivity contribution in [3.05, 3.63) is 18.2 Å². The number of ether oxygens (including phenoxy) is 2. The van der Waals surface area contributed by atoms with Gasteiger partial charge in [0.15, 0.2) is 17.5 Å². The van der Waals surface area contributed by atoms with Crippen LogP contribution in [0.25, 0.3) is 0 Å². The quantitative estimate of drug-likeness (QED) is 0.399. The molecule has 6 nitrogen and oxygen atoms in total. The molecule has 3 rings (SSSR count). The Morgan fingerprint density at radius 1 is 1.19 bits per heavy atom. The number of benzene rings is 1. The number of piperidine rings is 1. The molecule has 7 heteroatoms. The smallest absolute Gasteiger partial charge is 0.195 e. The molecule has 1 unspecified atom stereocenters. The second kappa shape index (κ2) is 10.8. The number of aliphatic imine (C=N–C) groups is 1. The van der Waals surface area contributed by atoms with Crippen molar-refractivity contribution in [2.45, 2.75) is 38.6 Å². The van der Waals surface area contributed by atoms with Crippen molar-refractivity contribution < 1.29 is 9.47 Å². The number of hydrogen-bond acceptors (Lipinski definition) is 4. The van der Waals surface area contributed by atoms with Gasteiger partial charge >= 0.3 is 0 Å². The number of nitrogens with zero attached hydrogens (tertiary/aromatic N) is 2. The van der Waals surface area contributed by atoms with E-state index in [0.717, 1.165) is 42.7 Å². The minimum absolute atomic E-state index is 0. The molecule has 0 aliphatic carbocycles. The van der Waals surface area contributed by atoms with E-state index in [-0.39, 0.29) is 24.0 Å². The largest absolute Gasteiger partial charge is 0.490 e. The zero-order valence-electron chi connectivity index (χ0n) is 15.8. The normalized spacial score (nSPS) is 20.7. The predicted molar refractivity (Wildman–Crippen MR) is 117 cm³/mol. The number of rotatable bonds is 4. The summed E-state index contributed by atoms with van der Waals surface area (Å²) in [6.45, 7) is 6.87. The minimum atomic E-state index is 0. The number of fused-ring (bicyclic) bond motifs is 1. The van der Waals surface area contributed by atoms with Crippen LogP contribution in [0.5, 0.6) is 11.5 Å². The molecule has 2 heterocycles. The van der Waals surface area contributed by atoms with E-state index >= 15 is 0 Å². The van der Waals surface area contributed by atoms with Gasteiger partial charge in [-0.05, 0) is 38.1 Å². The summed E-state index contributed by atoms with van der Waals surface area (Å²) in [5.41, 5.74) is 0.952. The summed E-state index contributed by atoms with van der Waals surface area (Å²) in [6, 6.07) is 6.52. The van der Waals surface area contributed by atoms with Gasteiger partial charge in [0.25, 0.3) is 0 Å². The van der Waals surface area contributed by atoms with Crippen molar-refractivity contribution >= 4 is 35.6 Å². The summed E-state index contributed by atoms with van der Waals surface area (Å²) in [4.78, 5) is 6.91. The lowest BCUT2D eigenvalue weighted by molar-refractivity contribution is 0.157. The van der Waals surface area contributed by atoms with Gasteiger partial charge in [0.2, 0.25) is 0 Å². The molecule has 26 heavy (non-hydrogen) atoms. The molecule has 1 aromatic carbocycles. The summed E-state index contributed by atoms with van der Waals surface area (Å²) in [5.74, 6) is 2.39. The first-order valence-electron chi connectivity index (χ1n) is 9.41. The van der Waals surface area contributed by atoms with Gasteiger partial charge in [-0.25, -0.2) is 0 Å². The number of halogens is 1. The fraction of sp³-hybridized carbons (Fsp3) is 0.632. The average molecular weight is 474 g/mol. The van der Waals surface area contributed by atoms with Crippen LogP contribution in [0.2, 0.25) is 0 Å². The number of likely N-dealkylation sites (N-methyl/N-ethyl adjacent to an activating group) is 1. The van der Waals surface area contributed by atoms with Crippen LogP contribution in [0, 0.1) is 0 Å². The molecule has 0 bridgehead atoms. The predicted octanol–water partition coefficient (Wildman–Crippen LogP) is 3.33. The highest BCUT2D eigenvalue weighted by Crippen LogP contribution is 2.32. The summed E-state index contributed by atoms with van der Waals surface area (Å²) >= 11 is 0. The molecule has 0 spiro atoms. The maximum atomic E-state index is 5.76. The highest BCUT2D eigenvalue weighted by atomic mass is 127. The van der Waals surface area contributed by atoms with Crippen molar-refractivity contribution in [1.82, 2.24) is 10.2 Å². The number of likely N-dealkylation sites (tertiary alicyclic amines) is 1. The van der Waals surface area contributed by atoms with E-state index in [4.69, 9.17) is 9.47 Å². The Bertz CT molecular complexity index is 597. The Morgan fingerprint density at radius 3 is 2.77 bits per heavy atom. The molecule has 2 aliphatic heterocycles. The fourth-order valence-electron chi connectivity index (χ4n) is 3.48. The maximum absolute atomic E-state index is 5.76. The fourth-order valence-corrected chi connectivity index (χ4v) is 3.48. The zero-order chi connectivity index (χ0) is 17.5. The summed E-state index contributed by atoms with van der Waals surface area (Å²) < 4.78 is 11.4. The molecule has 1 aromatic rings. The lowest BCUT2D eigenvalue weighted by Crippen LogP contribution is -2.47.